The Labute approximate surface area is 178 Å². The maximum absolute atomic E-state index is 10.7. The van der Waals surface area contributed by atoms with Gasteiger partial charge in [0.2, 0.25) is 0 Å². The van der Waals surface area contributed by atoms with Crippen molar-refractivity contribution in [2.75, 3.05) is 25.6 Å². The van der Waals surface area contributed by atoms with E-state index in [1.165, 1.54) is 64.2 Å². The van der Waals surface area contributed by atoms with Crippen molar-refractivity contribution in [3.05, 3.63) is 0 Å². The van der Waals surface area contributed by atoms with Crippen molar-refractivity contribution in [2.24, 2.45) is 0 Å². The van der Waals surface area contributed by atoms with Gasteiger partial charge in [-0.1, -0.05) is 71.1 Å². The average molecular weight is 437 g/mol. The fraction of sp³-hybridized carbons (Fsp3) is 1.00. The van der Waals surface area contributed by atoms with Gasteiger partial charge in [0.25, 0.3) is 10.1 Å². The van der Waals surface area contributed by atoms with Gasteiger partial charge in [-0.25, -0.2) is 0 Å². The molecule has 0 aromatic heterocycles. The SMILES string of the molecule is CCCCCCCCCCCCCC1(C)OCC(OCCCCS(=O)(=O)O)CO1. The highest BCUT2D eigenvalue weighted by Gasteiger charge is 2.32. The molecule has 174 valence electrons. The Morgan fingerprint density at radius 2 is 1.38 bits per heavy atom. The van der Waals surface area contributed by atoms with E-state index in [1.54, 1.807) is 0 Å². The number of hydrogen-bond donors (Lipinski definition) is 1. The molecule has 0 atom stereocenters. The predicted octanol–water partition coefficient (Wildman–Crippen LogP) is 5.50. The molecule has 0 aromatic carbocycles. The molecule has 1 heterocycles. The number of hydrogen-bond acceptors (Lipinski definition) is 5. The second kappa shape index (κ2) is 15.6. The summed E-state index contributed by atoms with van der Waals surface area (Å²) in [6.07, 6.45) is 16.4. The van der Waals surface area contributed by atoms with E-state index in [0.29, 0.717) is 32.7 Å². The van der Waals surface area contributed by atoms with E-state index < -0.39 is 15.9 Å². The maximum atomic E-state index is 10.7. The lowest BCUT2D eigenvalue weighted by Gasteiger charge is -2.37. The summed E-state index contributed by atoms with van der Waals surface area (Å²) in [5.41, 5.74) is 0. The van der Waals surface area contributed by atoms with E-state index in [0.717, 1.165) is 12.8 Å². The van der Waals surface area contributed by atoms with Gasteiger partial charge >= 0.3 is 0 Å². The normalized spacial score (nSPS) is 22.8. The van der Waals surface area contributed by atoms with Gasteiger partial charge in [-0.2, -0.15) is 8.42 Å². The van der Waals surface area contributed by atoms with Crippen LogP contribution < -0.4 is 0 Å². The highest BCUT2D eigenvalue weighted by atomic mass is 32.2. The number of rotatable bonds is 18. The van der Waals surface area contributed by atoms with Gasteiger partial charge in [0.1, 0.15) is 6.10 Å². The summed E-state index contributed by atoms with van der Waals surface area (Å²) in [7, 11) is -3.87. The first-order valence-electron chi connectivity index (χ1n) is 11.7. The number of ether oxygens (including phenoxy) is 3. The van der Waals surface area contributed by atoms with E-state index in [-0.39, 0.29) is 11.9 Å². The molecule has 0 aliphatic carbocycles. The van der Waals surface area contributed by atoms with Crippen LogP contribution in [0.2, 0.25) is 0 Å². The van der Waals surface area contributed by atoms with Crippen molar-refractivity contribution in [3.63, 3.8) is 0 Å². The van der Waals surface area contributed by atoms with E-state index in [2.05, 4.69) is 6.92 Å². The molecule has 1 N–H and O–H groups in total. The molecule has 1 rings (SSSR count). The van der Waals surface area contributed by atoms with Gasteiger partial charge in [0.15, 0.2) is 5.79 Å². The van der Waals surface area contributed by atoms with E-state index in [1.807, 2.05) is 6.92 Å². The molecule has 1 aliphatic rings. The Hall–Kier alpha value is -0.210. The quantitative estimate of drug-likeness (QED) is 0.225. The summed E-state index contributed by atoms with van der Waals surface area (Å²) >= 11 is 0. The molecule has 0 spiro atoms. The molecule has 0 bridgehead atoms. The van der Waals surface area contributed by atoms with Crippen molar-refractivity contribution in [2.45, 2.75) is 116 Å². The van der Waals surface area contributed by atoms with Gasteiger partial charge in [0, 0.05) is 13.0 Å². The van der Waals surface area contributed by atoms with Crippen LogP contribution in [-0.2, 0) is 24.3 Å². The predicted molar refractivity (Wildman–Crippen MR) is 117 cm³/mol. The summed E-state index contributed by atoms with van der Waals surface area (Å²) in [6.45, 7) is 5.73. The smallest absolute Gasteiger partial charge is 0.264 e. The van der Waals surface area contributed by atoms with Crippen molar-refractivity contribution < 1.29 is 27.2 Å². The lowest BCUT2D eigenvalue weighted by molar-refractivity contribution is -0.291. The molecule has 0 saturated carbocycles. The first kappa shape index (κ1) is 26.8. The summed E-state index contributed by atoms with van der Waals surface area (Å²) in [5.74, 6) is -0.727. The fourth-order valence-corrected chi connectivity index (χ4v) is 4.18. The molecule has 0 amide bonds. The molecular formula is C22H44O6S. The topological polar surface area (TPSA) is 82.1 Å². The summed E-state index contributed by atoms with van der Waals surface area (Å²) in [4.78, 5) is 0. The maximum Gasteiger partial charge on any atom is 0.264 e. The third-order valence-corrected chi connectivity index (χ3v) is 6.34. The van der Waals surface area contributed by atoms with Gasteiger partial charge in [-0.05, 0) is 26.2 Å². The van der Waals surface area contributed by atoms with Crippen LogP contribution in [0.15, 0.2) is 0 Å². The zero-order valence-electron chi connectivity index (χ0n) is 18.7. The Balaban J connectivity index is 1.95. The Morgan fingerprint density at radius 1 is 0.862 bits per heavy atom. The van der Waals surface area contributed by atoms with Crippen LogP contribution in [0.5, 0.6) is 0 Å². The average Bonchev–Trinajstić information content (AvgIpc) is 2.66. The monoisotopic (exact) mass is 436 g/mol. The summed E-state index contributed by atoms with van der Waals surface area (Å²) < 4.78 is 47.5. The third kappa shape index (κ3) is 15.3. The highest BCUT2D eigenvalue weighted by molar-refractivity contribution is 7.85. The molecule has 1 saturated heterocycles. The van der Waals surface area contributed by atoms with Crippen LogP contribution in [0.3, 0.4) is 0 Å². The minimum Gasteiger partial charge on any atom is -0.373 e. The standard InChI is InChI=1S/C22H44O6S/c1-3-4-5-6-7-8-9-10-11-12-13-16-22(2)27-19-21(20-28-22)26-17-14-15-18-29(23,24)25/h21H,3-20H2,1-2H3,(H,23,24,25). The lowest BCUT2D eigenvalue weighted by atomic mass is 10.0. The molecule has 7 heteroatoms. The Kier molecular flexibility index (Phi) is 14.4. The second-order valence-electron chi connectivity index (χ2n) is 8.53. The summed E-state index contributed by atoms with van der Waals surface area (Å²) in [6, 6.07) is 0. The fourth-order valence-electron chi connectivity index (χ4n) is 3.62. The number of unbranched alkanes of at least 4 members (excludes halogenated alkanes) is 11. The lowest BCUT2D eigenvalue weighted by Crippen LogP contribution is -2.45. The summed E-state index contributed by atoms with van der Waals surface area (Å²) in [5, 5.41) is 0. The highest BCUT2D eigenvalue weighted by Crippen LogP contribution is 2.26. The third-order valence-electron chi connectivity index (χ3n) is 5.53. The van der Waals surface area contributed by atoms with Crippen molar-refractivity contribution in [1.82, 2.24) is 0 Å². The molecule has 6 nitrogen and oxygen atoms in total. The molecule has 1 fully saturated rings. The van der Waals surface area contributed by atoms with Crippen molar-refractivity contribution in [3.8, 4) is 0 Å². The van der Waals surface area contributed by atoms with Gasteiger partial charge in [0.05, 0.1) is 19.0 Å². The van der Waals surface area contributed by atoms with Crippen LogP contribution in [0, 0.1) is 0 Å². The minimum absolute atomic E-state index is 0.105. The van der Waals surface area contributed by atoms with Crippen LogP contribution in [0.25, 0.3) is 0 Å². The van der Waals surface area contributed by atoms with Crippen molar-refractivity contribution >= 4 is 10.1 Å². The van der Waals surface area contributed by atoms with Crippen LogP contribution >= 0.6 is 0 Å². The van der Waals surface area contributed by atoms with E-state index in [9.17, 15) is 8.42 Å². The zero-order chi connectivity index (χ0) is 21.4. The Bertz CT molecular complexity index is 486. The largest absolute Gasteiger partial charge is 0.373 e. The molecule has 1 aliphatic heterocycles. The van der Waals surface area contributed by atoms with Gasteiger partial charge < -0.3 is 14.2 Å². The molecule has 29 heavy (non-hydrogen) atoms. The first-order valence-corrected chi connectivity index (χ1v) is 13.3. The van der Waals surface area contributed by atoms with E-state index >= 15 is 0 Å². The molecular weight excluding hydrogens is 392 g/mol. The molecule has 0 aromatic rings. The molecule has 0 unspecified atom stereocenters. The minimum atomic E-state index is -3.87. The Morgan fingerprint density at radius 3 is 1.90 bits per heavy atom. The second-order valence-corrected chi connectivity index (χ2v) is 10.1. The van der Waals surface area contributed by atoms with Gasteiger partial charge in [-0.15, -0.1) is 0 Å². The first-order chi connectivity index (χ1) is 13.8. The van der Waals surface area contributed by atoms with Crippen molar-refractivity contribution in [1.29, 1.82) is 0 Å². The van der Waals surface area contributed by atoms with Crippen LogP contribution in [0.1, 0.15) is 104 Å². The molecule has 0 radical (unpaired) electrons. The van der Waals surface area contributed by atoms with Gasteiger partial charge in [-0.3, -0.25) is 4.55 Å². The van der Waals surface area contributed by atoms with Crippen LogP contribution in [0.4, 0.5) is 0 Å². The van der Waals surface area contributed by atoms with E-state index in [4.69, 9.17) is 18.8 Å². The van der Waals surface area contributed by atoms with Crippen LogP contribution in [-0.4, -0.2) is 50.4 Å². The zero-order valence-corrected chi connectivity index (χ0v) is 19.5.